The van der Waals surface area contributed by atoms with Crippen LogP contribution in [-0.2, 0) is 6.61 Å². The topological polar surface area (TPSA) is 35.5 Å². The van der Waals surface area contributed by atoms with Crippen LogP contribution in [0.3, 0.4) is 0 Å². The van der Waals surface area contributed by atoms with E-state index in [1.807, 2.05) is 60.0 Å². The van der Waals surface area contributed by atoms with E-state index in [0.717, 1.165) is 38.0 Å². The van der Waals surface area contributed by atoms with Crippen LogP contribution in [0, 0.1) is 0 Å². The number of hydrogen-bond donors (Lipinski definition) is 0. The van der Waals surface area contributed by atoms with Crippen LogP contribution in [0.15, 0.2) is 69.8 Å². The second kappa shape index (κ2) is 8.04. The monoisotopic (exact) mass is 356 g/mol. The minimum absolute atomic E-state index is 0.490. The van der Waals surface area contributed by atoms with Crippen molar-refractivity contribution in [1.29, 1.82) is 0 Å². The fourth-order valence-corrected chi connectivity index (χ4v) is 3.90. The third kappa shape index (κ3) is 4.19. The lowest BCUT2D eigenvalue weighted by atomic mass is 10.2. The first kappa shape index (κ1) is 16.6. The molecule has 0 aliphatic rings. The lowest BCUT2D eigenvalue weighted by Crippen LogP contribution is -1.95. The third-order valence-corrected chi connectivity index (χ3v) is 5.41. The van der Waals surface area contributed by atoms with Crippen LogP contribution in [0.1, 0.15) is 15.2 Å². The molecule has 0 saturated heterocycles. The smallest absolute Gasteiger partial charge is 0.161 e. The number of methoxy groups -OCH3 is 1. The van der Waals surface area contributed by atoms with Crippen LogP contribution in [0.5, 0.6) is 11.5 Å². The quantitative estimate of drug-likeness (QED) is 0.538. The molecule has 0 unspecified atom stereocenters. The summed E-state index contributed by atoms with van der Waals surface area (Å²) in [5.41, 5.74) is 1.06. The summed E-state index contributed by atoms with van der Waals surface area (Å²) in [5.74, 6) is 1.63. The van der Waals surface area contributed by atoms with E-state index in [4.69, 9.17) is 9.47 Å². The third-order valence-electron chi connectivity index (χ3n) is 3.36. The van der Waals surface area contributed by atoms with Gasteiger partial charge in [-0.15, -0.1) is 11.3 Å². The van der Waals surface area contributed by atoms with Crippen LogP contribution in [0.25, 0.3) is 0 Å². The van der Waals surface area contributed by atoms with E-state index < -0.39 is 0 Å². The summed E-state index contributed by atoms with van der Waals surface area (Å²) in [5, 5.41) is 1.93. The maximum atomic E-state index is 11.0. The van der Waals surface area contributed by atoms with Crippen molar-refractivity contribution in [2.45, 2.75) is 16.4 Å². The minimum Gasteiger partial charge on any atom is -0.497 e. The highest BCUT2D eigenvalue weighted by Gasteiger charge is 2.05. The van der Waals surface area contributed by atoms with Gasteiger partial charge in [-0.05, 0) is 53.4 Å². The molecule has 0 N–H and O–H groups in total. The molecule has 5 heteroatoms. The summed E-state index contributed by atoms with van der Waals surface area (Å²) in [4.78, 5) is 13.8. The Morgan fingerprint density at radius 3 is 2.67 bits per heavy atom. The molecule has 3 rings (SSSR count). The Labute approximate surface area is 149 Å². The molecule has 0 aliphatic carbocycles. The number of carbonyl (C=O) groups is 1. The molecular formula is C19H16O3S2. The lowest BCUT2D eigenvalue weighted by molar-refractivity contribution is 0.112. The molecule has 24 heavy (non-hydrogen) atoms. The molecule has 1 aromatic heterocycles. The molecule has 0 fully saturated rings. The molecule has 0 aliphatic heterocycles. The van der Waals surface area contributed by atoms with E-state index in [9.17, 15) is 4.79 Å². The second-order valence-corrected chi connectivity index (χ2v) is 7.04. The van der Waals surface area contributed by atoms with Crippen LogP contribution in [-0.4, -0.2) is 13.4 Å². The Balaban J connectivity index is 1.61. The number of carbonyl (C=O) groups excluding carboxylic acids is 1. The zero-order chi connectivity index (χ0) is 16.8. The van der Waals surface area contributed by atoms with Crippen LogP contribution in [0.4, 0.5) is 0 Å². The summed E-state index contributed by atoms with van der Waals surface area (Å²) >= 11 is 3.04. The first-order chi connectivity index (χ1) is 11.8. The van der Waals surface area contributed by atoms with Crippen LogP contribution < -0.4 is 9.47 Å². The van der Waals surface area contributed by atoms with Crippen molar-refractivity contribution in [3.63, 3.8) is 0 Å². The van der Waals surface area contributed by atoms with E-state index in [1.54, 1.807) is 18.9 Å². The predicted molar refractivity (Wildman–Crippen MR) is 97.6 cm³/mol. The largest absolute Gasteiger partial charge is 0.497 e. The second-order valence-electron chi connectivity index (χ2n) is 4.98. The maximum absolute atomic E-state index is 11.0. The van der Waals surface area contributed by atoms with E-state index in [0.29, 0.717) is 6.61 Å². The van der Waals surface area contributed by atoms with Gasteiger partial charge in [-0.25, -0.2) is 0 Å². The van der Waals surface area contributed by atoms with Crippen molar-refractivity contribution in [2.75, 3.05) is 7.11 Å². The first-order valence-electron chi connectivity index (χ1n) is 7.35. The van der Waals surface area contributed by atoms with Gasteiger partial charge in [0.1, 0.15) is 18.1 Å². The Bertz CT molecular complexity index is 809. The van der Waals surface area contributed by atoms with Gasteiger partial charge in [0.25, 0.3) is 0 Å². The van der Waals surface area contributed by atoms with E-state index in [2.05, 4.69) is 0 Å². The number of hydrogen-bond acceptors (Lipinski definition) is 5. The van der Waals surface area contributed by atoms with Gasteiger partial charge in [-0.2, -0.15) is 0 Å². The van der Waals surface area contributed by atoms with Crippen molar-refractivity contribution in [2.24, 2.45) is 0 Å². The zero-order valence-corrected chi connectivity index (χ0v) is 14.7. The van der Waals surface area contributed by atoms with Gasteiger partial charge in [0.05, 0.1) is 12.0 Å². The zero-order valence-electron chi connectivity index (χ0n) is 13.1. The van der Waals surface area contributed by atoms with Crippen LogP contribution in [0.2, 0.25) is 0 Å². The van der Waals surface area contributed by atoms with E-state index in [-0.39, 0.29) is 0 Å². The summed E-state index contributed by atoms with van der Waals surface area (Å²) in [6, 6.07) is 17.7. The van der Waals surface area contributed by atoms with Gasteiger partial charge >= 0.3 is 0 Å². The molecule has 2 aromatic carbocycles. The van der Waals surface area contributed by atoms with Gasteiger partial charge in [-0.3, -0.25) is 4.79 Å². The van der Waals surface area contributed by atoms with Gasteiger partial charge in [0.15, 0.2) is 6.29 Å². The van der Waals surface area contributed by atoms with E-state index >= 15 is 0 Å². The lowest BCUT2D eigenvalue weighted by Gasteiger charge is -2.08. The van der Waals surface area contributed by atoms with Crippen molar-refractivity contribution in [1.82, 2.24) is 0 Å². The molecule has 0 amide bonds. The van der Waals surface area contributed by atoms with Gasteiger partial charge in [0, 0.05) is 9.79 Å². The molecule has 0 bridgehead atoms. The number of ether oxygens (including phenoxy) is 2. The average molecular weight is 356 g/mol. The molecule has 0 spiro atoms. The minimum atomic E-state index is 0.490. The normalized spacial score (nSPS) is 10.4. The Kier molecular flexibility index (Phi) is 5.56. The molecule has 3 aromatic rings. The van der Waals surface area contributed by atoms with Crippen molar-refractivity contribution in [3.05, 3.63) is 70.4 Å². The highest BCUT2D eigenvalue weighted by Crippen LogP contribution is 2.33. The molecule has 3 nitrogen and oxygen atoms in total. The van der Waals surface area contributed by atoms with Gasteiger partial charge in [0.2, 0.25) is 0 Å². The highest BCUT2D eigenvalue weighted by atomic mass is 32.2. The van der Waals surface area contributed by atoms with Crippen molar-refractivity contribution < 1.29 is 14.3 Å². The predicted octanol–water partition coefficient (Wildman–Crippen LogP) is 5.30. The summed E-state index contributed by atoms with van der Waals surface area (Å²) < 4.78 is 11.0. The molecule has 1 heterocycles. The summed E-state index contributed by atoms with van der Waals surface area (Å²) in [6.07, 6.45) is 0.901. The summed E-state index contributed by atoms with van der Waals surface area (Å²) in [7, 11) is 1.65. The average Bonchev–Trinajstić information content (AvgIpc) is 3.08. The maximum Gasteiger partial charge on any atom is 0.161 e. The Morgan fingerprint density at radius 1 is 1.08 bits per heavy atom. The molecule has 122 valence electrons. The fourth-order valence-electron chi connectivity index (χ4n) is 2.14. The van der Waals surface area contributed by atoms with Gasteiger partial charge < -0.3 is 9.47 Å². The SMILES string of the molecule is COc1cccc(COc2ccc(Sc3ccsc3C=O)cc2)c1. The first-order valence-corrected chi connectivity index (χ1v) is 9.04. The van der Waals surface area contributed by atoms with Crippen LogP contribution >= 0.6 is 23.1 Å². The fraction of sp³-hybridized carbons (Fsp3) is 0.105. The Hall–Kier alpha value is -2.24. The number of benzene rings is 2. The van der Waals surface area contributed by atoms with Crippen molar-refractivity contribution in [3.8, 4) is 11.5 Å². The molecule has 0 radical (unpaired) electrons. The number of aldehydes is 1. The standard InChI is InChI=1S/C19H16O3S2/c1-21-16-4-2-3-14(11-16)13-22-15-5-7-17(8-6-15)24-18-9-10-23-19(18)12-20/h2-12H,13H2,1H3. The molecular weight excluding hydrogens is 340 g/mol. The number of rotatable bonds is 7. The number of thiophene rings is 1. The highest BCUT2D eigenvalue weighted by molar-refractivity contribution is 7.99. The summed E-state index contributed by atoms with van der Waals surface area (Å²) in [6.45, 7) is 0.490. The molecule has 0 saturated carbocycles. The van der Waals surface area contributed by atoms with Crippen molar-refractivity contribution >= 4 is 29.4 Å². The Morgan fingerprint density at radius 2 is 1.92 bits per heavy atom. The van der Waals surface area contributed by atoms with E-state index in [1.165, 1.54) is 11.3 Å². The van der Waals surface area contributed by atoms with Gasteiger partial charge in [-0.1, -0.05) is 23.9 Å². The molecule has 0 atom stereocenters.